The van der Waals surface area contributed by atoms with Crippen LogP contribution in [0, 0.1) is 0 Å². The van der Waals surface area contributed by atoms with Crippen LogP contribution in [-0.4, -0.2) is 10.1 Å². The van der Waals surface area contributed by atoms with Gasteiger partial charge in [-0.1, -0.05) is 0 Å². The topological polar surface area (TPSA) is 46.3 Å². The van der Waals surface area contributed by atoms with Crippen molar-refractivity contribution in [3.05, 3.63) is 52.7 Å². The second-order valence-electron chi connectivity index (χ2n) is 3.24. The van der Waals surface area contributed by atoms with Crippen molar-refractivity contribution in [2.75, 3.05) is 0 Å². The van der Waals surface area contributed by atoms with Gasteiger partial charge in [0, 0.05) is 28.9 Å². The van der Waals surface area contributed by atoms with Gasteiger partial charge < -0.3 is 9.52 Å². The first-order valence-electron chi connectivity index (χ1n) is 4.56. The van der Waals surface area contributed by atoms with Crippen LogP contribution in [0.5, 0.6) is 0 Å². The lowest BCUT2D eigenvalue weighted by Gasteiger charge is -2.08. The van der Waals surface area contributed by atoms with Gasteiger partial charge in [-0.05, 0) is 34.1 Å². The number of hydrogen-bond donors (Lipinski definition) is 1. The number of furan rings is 1. The van der Waals surface area contributed by atoms with Crippen LogP contribution in [0.3, 0.4) is 0 Å². The minimum absolute atomic E-state index is 0.463. The fourth-order valence-corrected chi connectivity index (χ4v) is 1.73. The van der Waals surface area contributed by atoms with Gasteiger partial charge in [-0.25, -0.2) is 0 Å². The number of nitrogens with zero attached hydrogens (tertiary/aromatic N) is 1. The van der Waals surface area contributed by atoms with Gasteiger partial charge in [0.1, 0.15) is 5.76 Å². The number of hydrogen-bond acceptors (Lipinski definition) is 3. The Labute approximate surface area is 95.9 Å². The fourth-order valence-electron chi connectivity index (χ4n) is 1.35. The summed E-state index contributed by atoms with van der Waals surface area (Å²) in [6.07, 6.45) is 4.81. The zero-order valence-electron chi connectivity index (χ0n) is 7.93. The predicted octanol–water partition coefficient (Wildman–Crippen LogP) is 2.71. The van der Waals surface area contributed by atoms with E-state index in [9.17, 15) is 5.11 Å². The number of aliphatic hydroxyl groups is 1. The van der Waals surface area contributed by atoms with E-state index in [1.807, 2.05) is 12.1 Å². The molecule has 0 saturated heterocycles. The van der Waals surface area contributed by atoms with Crippen LogP contribution in [0.2, 0.25) is 0 Å². The average Bonchev–Trinajstić information content (AvgIpc) is 2.70. The minimum Gasteiger partial charge on any atom is -0.469 e. The quantitative estimate of drug-likeness (QED) is 0.930. The molecule has 15 heavy (non-hydrogen) atoms. The number of halogens is 1. The third kappa shape index (κ3) is 2.67. The van der Waals surface area contributed by atoms with E-state index in [0.29, 0.717) is 6.42 Å². The molecule has 2 heterocycles. The zero-order valence-corrected chi connectivity index (χ0v) is 9.52. The maximum absolute atomic E-state index is 9.90. The first-order chi connectivity index (χ1) is 7.25. The third-order valence-corrected chi connectivity index (χ3v) is 2.52. The molecule has 1 unspecified atom stereocenters. The Bertz CT molecular complexity index is 428. The maximum atomic E-state index is 9.90. The molecule has 78 valence electrons. The molecular formula is C11H10BrNO2. The molecule has 0 saturated carbocycles. The molecular weight excluding hydrogens is 258 g/mol. The Morgan fingerprint density at radius 3 is 3.00 bits per heavy atom. The molecule has 0 aliphatic rings. The molecule has 0 radical (unpaired) electrons. The van der Waals surface area contributed by atoms with Gasteiger partial charge in [-0.2, -0.15) is 0 Å². The molecule has 0 aromatic carbocycles. The number of rotatable bonds is 3. The van der Waals surface area contributed by atoms with Crippen molar-refractivity contribution in [1.29, 1.82) is 0 Å². The highest BCUT2D eigenvalue weighted by Gasteiger charge is 2.10. The van der Waals surface area contributed by atoms with Crippen LogP contribution in [-0.2, 0) is 6.42 Å². The summed E-state index contributed by atoms with van der Waals surface area (Å²) in [6.45, 7) is 0. The molecule has 0 aliphatic heterocycles. The molecule has 1 N–H and O–H groups in total. The Morgan fingerprint density at radius 2 is 2.33 bits per heavy atom. The van der Waals surface area contributed by atoms with Gasteiger partial charge in [-0.3, -0.25) is 4.98 Å². The largest absolute Gasteiger partial charge is 0.469 e. The summed E-state index contributed by atoms with van der Waals surface area (Å²) in [7, 11) is 0. The Balaban J connectivity index is 2.11. The zero-order chi connectivity index (χ0) is 10.7. The lowest BCUT2D eigenvalue weighted by atomic mass is 10.1. The van der Waals surface area contributed by atoms with Crippen molar-refractivity contribution in [2.24, 2.45) is 0 Å². The predicted molar refractivity (Wildman–Crippen MR) is 59.3 cm³/mol. The second kappa shape index (κ2) is 4.59. The van der Waals surface area contributed by atoms with Gasteiger partial charge in [0.05, 0.1) is 12.4 Å². The summed E-state index contributed by atoms with van der Waals surface area (Å²) in [6, 6.07) is 5.50. The SMILES string of the molecule is OC(Cc1ccco1)c1cncc(Br)c1. The average molecular weight is 268 g/mol. The molecule has 2 aromatic rings. The van der Waals surface area contributed by atoms with E-state index < -0.39 is 6.10 Å². The van der Waals surface area contributed by atoms with Crippen LogP contribution in [0.4, 0.5) is 0 Å². The van der Waals surface area contributed by atoms with Gasteiger partial charge in [0.25, 0.3) is 0 Å². The van der Waals surface area contributed by atoms with Gasteiger partial charge in [0.15, 0.2) is 0 Å². The Kier molecular flexibility index (Phi) is 3.18. The van der Waals surface area contributed by atoms with Crippen LogP contribution in [0.15, 0.2) is 45.7 Å². The van der Waals surface area contributed by atoms with E-state index >= 15 is 0 Å². The highest BCUT2D eigenvalue weighted by atomic mass is 79.9. The van der Waals surface area contributed by atoms with Crippen molar-refractivity contribution in [2.45, 2.75) is 12.5 Å². The van der Waals surface area contributed by atoms with Crippen LogP contribution in [0.25, 0.3) is 0 Å². The number of pyridine rings is 1. The van der Waals surface area contributed by atoms with E-state index in [1.165, 1.54) is 0 Å². The molecule has 2 aromatic heterocycles. The summed E-state index contributed by atoms with van der Waals surface area (Å²) in [5.41, 5.74) is 0.778. The molecule has 0 aliphatic carbocycles. The van der Waals surface area contributed by atoms with Crippen LogP contribution in [0.1, 0.15) is 17.4 Å². The number of aromatic nitrogens is 1. The Hall–Kier alpha value is -1.13. The molecule has 1 atom stereocenters. The van der Waals surface area contributed by atoms with Crippen LogP contribution < -0.4 is 0 Å². The summed E-state index contributed by atoms with van der Waals surface area (Å²) in [5, 5.41) is 9.90. The van der Waals surface area contributed by atoms with E-state index in [1.54, 1.807) is 24.7 Å². The first kappa shape index (κ1) is 10.4. The van der Waals surface area contributed by atoms with Crippen molar-refractivity contribution in [3.8, 4) is 0 Å². The molecule has 3 nitrogen and oxygen atoms in total. The standard InChI is InChI=1S/C11H10BrNO2/c12-9-4-8(6-13-7-9)11(14)5-10-2-1-3-15-10/h1-4,6-7,11,14H,5H2. The summed E-state index contributed by atoms with van der Waals surface area (Å²) in [5.74, 6) is 0.766. The molecule has 2 rings (SSSR count). The summed E-state index contributed by atoms with van der Waals surface area (Å²) < 4.78 is 6.02. The minimum atomic E-state index is -0.582. The highest BCUT2D eigenvalue weighted by Crippen LogP contribution is 2.20. The van der Waals surface area contributed by atoms with E-state index in [-0.39, 0.29) is 0 Å². The maximum Gasteiger partial charge on any atom is 0.106 e. The lowest BCUT2D eigenvalue weighted by molar-refractivity contribution is 0.170. The summed E-state index contributed by atoms with van der Waals surface area (Å²) in [4.78, 5) is 4.00. The normalized spacial score (nSPS) is 12.7. The highest BCUT2D eigenvalue weighted by molar-refractivity contribution is 9.10. The molecule has 0 spiro atoms. The molecule has 0 amide bonds. The summed E-state index contributed by atoms with van der Waals surface area (Å²) >= 11 is 3.31. The Morgan fingerprint density at radius 1 is 1.47 bits per heavy atom. The van der Waals surface area contributed by atoms with E-state index in [4.69, 9.17) is 4.42 Å². The van der Waals surface area contributed by atoms with Crippen LogP contribution >= 0.6 is 15.9 Å². The van der Waals surface area contributed by atoms with Crippen molar-refractivity contribution in [3.63, 3.8) is 0 Å². The molecule has 0 fully saturated rings. The molecule has 4 heteroatoms. The third-order valence-electron chi connectivity index (χ3n) is 2.09. The molecule has 0 bridgehead atoms. The van der Waals surface area contributed by atoms with Crippen molar-refractivity contribution >= 4 is 15.9 Å². The van der Waals surface area contributed by atoms with Gasteiger partial charge in [0.2, 0.25) is 0 Å². The van der Waals surface area contributed by atoms with Gasteiger partial charge >= 0.3 is 0 Å². The van der Waals surface area contributed by atoms with E-state index in [0.717, 1.165) is 15.8 Å². The van der Waals surface area contributed by atoms with Gasteiger partial charge in [-0.15, -0.1) is 0 Å². The van der Waals surface area contributed by atoms with Crippen molar-refractivity contribution < 1.29 is 9.52 Å². The number of aliphatic hydroxyl groups excluding tert-OH is 1. The second-order valence-corrected chi connectivity index (χ2v) is 4.15. The van der Waals surface area contributed by atoms with Crippen molar-refractivity contribution in [1.82, 2.24) is 4.98 Å². The van der Waals surface area contributed by atoms with E-state index in [2.05, 4.69) is 20.9 Å². The first-order valence-corrected chi connectivity index (χ1v) is 5.36. The lowest BCUT2D eigenvalue weighted by Crippen LogP contribution is -2.01. The monoisotopic (exact) mass is 267 g/mol. The smallest absolute Gasteiger partial charge is 0.106 e. The fraction of sp³-hybridized carbons (Fsp3) is 0.182.